The molecule has 7 heteroatoms. The molecular weight excluding hydrogens is 361 g/mol. The van der Waals surface area contributed by atoms with Crippen molar-refractivity contribution in [3.8, 4) is 0 Å². The summed E-state index contributed by atoms with van der Waals surface area (Å²) in [5, 5.41) is 9.04. The smallest absolute Gasteiger partial charge is 0.264 e. The van der Waals surface area contributed by atoms with Crippen LogP contribution >= 0.6 is 15.9 Å². The molecule has 0 aromatic heterocycles. The molecule has 4 nitrogen and oxygen atoms in total. The Kier molecular flexibility index (Phi) is 4.65. The maximum absolute atomic E-state index is 13.8. The van der Waals surface area contributed by atoms with Crippen molar-refractivity contribution < 1.29 is 17.9 Å². The number of sulfonamides is 1. The molecule has 2 N–H and O–H groups in total. The maximum Gasteiger partial charge on any atom is 0.264 e. The molecule has 2 rings (SSSR count). The Labute approximate surface area is 130 Å². The van der Waals surface area contributed by atoms with Gasteiger partial charge in [-0.3, -0.25) is 4.72 Å². The molecule has 0 amide bonds. The van der Waals surface area contributed by atoms with Crippen molar-refractivity contribution in [2.45, 2.75) is 18.4 Å². The Bertz CT molecular complexity index is 758. The lowest BCUT2D eigenvalue weighted by molar-refractivity contribution is 0.281. The van der Waals surface area contributed by atoms with Gasteiger partial charge in [-0.25, -0.2) is 12.8 Å². The Morgan fingerprint density at radius 2 is 1.95 bits per heavy atom. The molecule has 2 aromatic rings. The fraction of sp³-hybridized carbons (Fsp3) is 0.143. The zero-order valence-corrected chi connectivity index (χ0v) is 13.5. The van der Waals surface area contributed by atoms with Gasteiger partial charge in [-0.2, -0.15) is 0 Å². The quantitative estimate of drug-likeness (QED) is 0.864. The molecule has 0 heterocycles. The lowest BCUT2D eigenvalue weighted by atomic mass is 10.2. The van der Waals surface area contributed by atoms with Gasteiger partial charge in [0.2, 0.25) is 0 Å². The number of hydrogen-bond donors (Lipinski definition) is 2. The van der Waals surface area contributed by atoms with Gasteiger partial charge in [-0.1, -0.05) is 22.0 Å². The molecule has 0 saturated heterocycles. The molecule has 0 atom stereocenters. The molecule has 112 valence electrons. The molecule has 0 spiro atoms. The number of hydrogen-bond acceptors (Lipinski definition) is 3. The van der Waals surface area contributed by atoms with Gasteiger partial charge < -0.3 is 5.11 Å². The fourth-order valence-electron chi connectivity index (χ4n) is 1.86. The van der Waals surface area contributed by atoms with Gasteiger partial charge in [-0.15, -0.1) is 0 Å². The number of anilines is 1. The number of aliphatic hydroxyl groups excluding tert-OH is 1. The standard InChI is InChI=1S/C14H13BrFNO3S/c1-9-4-11(15)7-12(5-9)17-21(19,20)14-6-10(8-18)2-3-13(14)16/h2-7,17-18H,8H2,1H3. The summed E-state index contributed by atoms with van der Waals surface area (Å²) in [4.78, 5) is -0.494. The Morgan fingerprint density at radius 1 is 1.24 bits per heavy atom. The van der Waals surface area contributed by atoms with Crippen LogP contribution in [0.5, 0.6) is 0 Å². The summed E-state index contributed by atoms with van der Waals surface area (Å²) in [5.74, 6) is -0.869. The normalized spacial score (nSPS) is 11.4. The minimum atomic E-state index is -4.07. The highest BCUT2D eigenvalue weighted by molar-refractivity contribution is 9.10. The maximum atomic E-state index is 13.8. The van der Waals surface area contributed by atoms with Gasteiger partial charge >= 0.3 is 0 Å². The predicted octanol–water partition coefficient (Wildman–Crippen LogP) is 3.19. The largest absolute Gasteiger partial charge is 0.392 e. The summed E-state index contributed by atoms with van der Waals surface area (Å²) in [7, 11) is -4.07. The van der Waals surface area contributed by atoms with Crippen LogP contribution in [-0.4, -0.2) is 13.5 Å². The van der Waals surface area contributed by atoms with Crippen LogP contribution in [0.1, 0.15) is 11.1 Å². The molecule has 21 heavy (non-hydrogen) atoms. The van der Waals surface area contributed by atoms with Crippen molar-refractivity contribution in [2.24, 2.45) is 0 Å². The number of halogens is 2. The lowest BCUT2D eigenvalue weighted by Gasteiger charge is -2.11. The van der Waals surface area contributed by atoms with Crippen molar-refractivity contribution >= 4 is 31.6 Å². The molecular formula is C14H13BrFNO3S. The molecule has 0 aliphatic carbocycles. The van der Waals surface area contributed by atoms with Crippen LogP contribution in [0.3, 0.4) is 0 Å². The molecule has 0 bridgehead atoms. The first-order valence-electron chi connectivity index (χ1n) is 6.01. The average molecular weight is 374 g/mol. The van der Waals surface area contributed by atoms with E-state index in [2.05, 4.69) is 20.7 Å². The van der Waals surface area contributed by atoms with Crippen molar-refractivity contribution in [1.29, 1.82) is 0 Å². The molecule has 0 unspecified atom stereocenters. The zero-order chi connectivity index (χ0) is 15.6. The third kappa shape index (κ3) is 3.81. The SMILES string of the molecule is Cc1cc(Br)cc(NS(=O)(=O)c2cc(CO)ccc2F)c1. The van der Waals surface area contributed by atoms with Gasteiger partial charge in [0.05, 0.1) is 12.3 Å². The van der Waals surface area contributed by atoms with Crippen LogP contribution in [-0.2, 0) is 16.6 Å². The lowest BCUT2D eigenvalue weighted by Crippen LogP contribution is -2.15. The first kappa shape index (κ1) is 15.9. The molecule has 2 aromatic carbocycles. The summed E-state index contributed by atoms with van der Waals surface area (Å²) in [6.07, 6.45) is 0. The van der Waals surface area contributed by atoms with Crippen molar-refractivity contribution in [3.63, 3.8) is 0 Å². The van der Waals surface area contributed by atoms with Gasteiger partial charge in [0.1, 0.15) is 10.7 Å². The van der Waals surface area contributed by atoms with E-state index in [9.17, 15) is 12.8 Å². The summed E-state index contributed by atoms with van der Waals surface area (Å²) in [5.41, 5.74) is 1.50. The topological polar surface area (TPSA) is 66.4 Å². The number of benzene rings is 2. The third-order valence-corrected chi connectivity index (χ3v) is 4.62. The van der Waals surface area contributed by atoms with Crippen LogP contribution in [0.25, 0.3) is 0 Å². The van der Waals surface area contributed by atoms with Crippen LogP contribution in [0.4, 0.5) is 10.1 Å². The van der Waals surface area contributed by atoms with E-state index in [1.165, 1.54) is 6.07 Å². The molecule has 0 aliphatic heterocycles. The summed E-state index contributed by atoms with van der Waals surface area (Å²) >= 11 is 3.27. The molecule has 0 aliphatic rings. The number of aryl methyl sites for hydroxylation is 1. The first-order valence-corrected chi connectivity index (χ1v) is 8.29. The zero-order valence-electron chi connectivity index (χ0n) is 11.1. The first-order chi connectivity index (χ1) is 9.81. The van der Waals surface area contributed by atoms with E-state index < -0.39 is 20.7 Å². The highest BCUT2D eigenvalue weighted by atomic mass is 79.9. The Morgan fingerprint density at radius 3 is 2.57 bits per heavy atom. The van der Waals surface area contributed by atoms with E-state index in [1.54, 1.807) is 12.1 Å². The summed E-state index contributed by atoms with van der Waals surface area (Å²) < 4.78 is 41.3. The molecule has 0 radical (unpaired) electrons. The Balaban J connectivity index is 2.42. The molecule has 0 fully saturated rings. The van der Waals surface area contributed by atoms with Gasteiger partial charge in [0.25, 0.3) is 10.0 Å². The van der Waals surface area contributed by atoms with E-state index in [4.69, 9.17) is 5.11 Å². The van der Waals surface area contributed by atoms with E-state index in [-0.39, 0.29) is 6.61 Å². The van der Waals surface area contributed by atoms with Crippen molar-refractivity contribution in [3.05, 3.63) is 57.8 Å². The highest BCUT2D eigenvalue weighted by Crippen LogP contribution is 2.24. The van der Waals surface area contributed by atoms with Crippen LogP contribution < -0.4 is 4.72 Å². The van der Waals surface area contributed by atoms with Crippen LogP contribution in [0, 0.1) is 12.7 Å². The average Bonchev–Trinajstić information content (AvgIpc) is 2.37. The van der Waals surface area contributed by atoms with Crippen LogP contribution in [0.2, 0.25) is 0 Å². The van der Waals surface area contributed by atoms with E-state index in [0.29, 0.717) is 15.7 Å². The minimum absolute atomic E-state index is 0.321. The van der Waals surface area contributed by atoms with E-state index in [0.717, 1.165) is 17.7 Å². The third-order valence-electron chi connectivity index (χ3n) is 2.76. The predicted molar refractivity (Wildman–Crippen MR) is 82.0 cm³/mol. The van der Waals surface area contributed by atoms with Gasteiger partial charge in [-0.05, 0) is 48.4 Å². The second kappa shape index (κ2) is 6.13. The molecule has 0 saturated carbocycles. The van der Waals surface area contributed by atoms with Crippen molar-refractivity contribution in [1.82, 2.24) is 0 Å². The summed E-state index contributed by atoms with van der Waals surface area (Å²) in [6.45, 7) is 1.45. The summed E-state index contributed by atoms with van der Waals surface area (Å²) in [6, 6.07) is 8.51. The van der Waals surface area contributed by atoms with Gasteiger partial charge in [0.15, 0.2) is 0 Å². The second-order valence-electron chi connectivity index (χ2n) is 4.55. The fourth-order valence-corrected chi connectivity index (χ4v) is 3.63. The number of aliphatic hydroxyl groups is 1. The number of nitrogens with one attached hydrogen (secondary N) is 1. The minimum Gasteiger partial charge on any atom is -0.392 e. The van der Waals surface area contributed by atoms with E-state index >= 15 is 0 Å². The van der Waals surface area contributed by atoms with Crippen molar-refractivity contribution in [2.75, 3.05) is 4.72 Å². The highest BCUT2D eigenvalue weighted by Gasteiger charge is 2.20. The van der Waals surface area contributed by atoms with Crippen LogP contribution in [0.15, 0.2) is 45.8 Å². The van der Waals surface area contributed by atoms with Gasteiger partial charge in [0, 0.05) is 4.47 Å². The van der Waals surface area contributed by atoms with E-state index in [1.807, 2.05) is 13.0 Å². The monoisotopic (exact) mass is 373 g/mol. The number of rotatable bonds is 4. The Hall–Kier alpha value is -1.44. The second-order valence-corrected chi connectivity index (χ2v) is 7.11.